The van der Waals surface area contributed by atoms with E-state index in [1.54, 1.807) is 0 Å². The van der Waals surface area contributed by atoms with Gasteiger partial charge in [0, 0.05) is 24.9 Å². The molecule has 4 aromatic rings. The van der Waals surface area contributed by atoms with Gasteiger partial charge in [0.05, 0.1) is 26.1 Å². The molecule has 212 valence electrons. The molecule has 2 fully saturated rings. The summed E-state index contributed by atoms with van der Waals surface area (Å²) < 4.78 is 0. The third-order valence-electron chi connectivity index (χ3n) is 9.46. The Morgan fingerprint density at radius 1 is 0.707 bits per heavy atom. The molecule has 0 amide bonds. The largest absolute Gasteiger partial charge is 1.00 e. The third kappa shape index (κ3) is 5.07. The van der Waals surface area contributed by atoms with Gasteiger partial charge < -0.3 is 38.9 Å². The number of hydrogen-bond donors (Lipinski definition) is 2. The molecule has 4 nitrogen and oxygen atoms in total. The fraction of sp³-hybridized carbons (Fsp3) is 0.306. The summed E-state index contributed by atoms with van der Waals surface area (Å²) in [4.78, 5) is 18.9. The summed E-state index contributed by atoms with van der Waals surface area (Å²) in [6.45, 7) is 2.58. The Bertz CT molecular complexity index is 1380. The zero-order valence-electron chi connectivity index (χ0n) is 23.8. The first-order valence-corrected chi connectivity index (χ1v) is 14.4. The van der Waals surface area contributed by atoms with Crippen LogP contribution in [0.25, 0.3) is 0 Å². The predicted octanol–water partition coefficient (Wildman–Crippen LogP) is 1.05. The molecule has 2 aliphatic heterocycles. The van der Waals surface area contributed by atoms with Gasteiger partial charge in [0.1, 0.15) is 11.0 Å². The lowest BCUT2D eigenvalue weighted by molar-refractivity contribution is -0.888. The van der Waals surface area contributed by atoms with Gasteiger partial charge in [-0.15, -0.1) is 0 Å². The van der Waals surface area contributed by atoms with Gasteiger partial charge in [-0.3, -0.25) is 4.79 Å². The minimum atomic E-state index is -1.38. The molecule has 0 aliphatic carbocycles. The van der Waals surface area contributed by atoms with Gasteiger partial charge >= 0.3 is 0 Å². The Kier molecular flexibility index (Phi) is 8.81. The van der Waals surface area contributed by atoms with E-state index in [0.29, 0.717) is 26.2 Å². The fourth-order valence-corrected chi connectivity index (χ4v) is 7.75. The van der Waals surface area contributed by atoms with Crippen LogP contribution in [0.15, 0.2) is 121 Å². The average Bonchev–Trinajstić information content (AvgIpc) is 3.01. The van der Waals surface area contributed by atoms with Crippen molar-refractivity contribution in [2.75, 3.05) is 40.3 Å². The number of carbonyl (C=O) groups excluding carboxylic acids is 1. The van der Waals surface area contributed by atoms with Crippen LogP contribution in [0.4, 0.5) is 0 Å². The maximum Gasteiger partial charge on any atom is 0.165 e. The topological polar surface area (TPSA) is 45.0 Å². The van der Waals surface area contributed by atoms with E-state index in [9.17, 15) is 5.11 Å². The molecule has 5 atom stereocenters. The summed E-state index contributed by atoms with van der Waals surface area (Å²) in [6.07, 6.45) is 0. The molecule has 0 spiro atoms. The Balaban J connectivity index is 0.00000337. The zero-order valence-corrected chi connectivity index (χ0v) is 25.9. The molecule has 5 heteroatoms. The number of halogens is 1. The van der Waals surface area contributed by atoms with E-state index in [1.807, 2.05) is 72.8 Å². The van der Waals surface area contributed by atoms with Crippen molar-refractivity contribution in [3.05, 3.63) is 144 Å². The second kappa shape index (κ2) is 12.2. The van der Waals surface area contributed by atoms with E-state index in [0.717, 1.165) is 22.3 Å². The first-order valence-electron chi connectivity index (χ1n) is 14.4. The third-order valence-corrected chi connectivity index (χ3v) is 9.46. The van der Waals surface area contributed by atoms with E-state index in [2.05, 4.69) is 67.5 Å². The second-order valence-corrected chi connectivity index (χ2v) is 11.9. The Labute approximate surface area is 261 Å². The number of hydrogen-bond acceptors (Lipinski definition) is 3. The number of nitrogens with one attached hydrogen (secondary N) is 1. The Morgan fingerprint density at radius 2 is 1.12 bits per heavy atom. The highest BCUT2D eigenvalue weighted by Gasteiger charge is 2.69. The molecule has 2 saturated heterocycles. The number of Topliss-reactive ketones (excluding diaryl/α,β-unsaturated/α-hetero) is 1. The SMILES string of the molecule is CN1CC(c2ccccc2)C(O)(C2(c3ccccc3)C[NH+](C)CC(c3ccccc3)C2=O)C(c2ccccc2)C1.[I-]. The summed E-state index contributed by atoms with van der Waals surface area (Å²) in [5.74, 6) is -0.732. The highest BCUT2D eigenvalue weighted by Crippen LogP contribution is 2.56. The molecule has 2 heterocycles. The van der Waals surface area contributed by atoms with Crippen LogP contribution in [-0.4, -0.2) is 61.7 Å². The minimum absolute atomic E-state index is 0. The summed E-state index contributed by atoms with van der Waals surface area (Å²) >= 11 is 0. The first kappa shape index (κ1) is 29.6. The number of piperidine rings is 2. The summed E-state index contributed by atoms with van der Waals surface area (Å²) in [7, 11) is 4.31. The van der Waals surface area contributed by atoms with E-state index in [4.69, 9.17) is 0 Å². The van der Waals surface area contributed by atoms with Crippen molar-refractivity contribution >= 4 is 5.78 Å². The molecule has 2 aliphatic rings. The number of benzene rings is 4. The van der Waals surface area contributed by atoms with E-state index < -0.39 is 11.0 Å². The van der Waals surface area contributed by atoms with Crippen LogP contribution in [0.5, 0.6) is 0 Å². The predicted molar refractivity (Wildman–Crippen MR) is 160 cm³/mol. The lowest BCUT2D eigenvalue weighted by Crippen LogP contribution is -3.14. The number of aliphatic hydroxyl groups is 1. The van der Waals surface area contributed by atoms with Crippen molar-refractivity contribution in [3.63, 3.8) is 0 Å². The van der Waals surface area contributed by atoms with Gasteiger partial charge in [0.2, 0.25) is 0 Å². The van der Waals surface area contributed by atoms with Gasteiger partial charge in [-0.1, -0.05) is 121 Å². The van der Waals surface area contributed by atoms with Crippen LogP contribution < -0.4 is 28.9 Å². The standard InChI is InChI=1S/C36H38N2O2.HI/c1-37-24-32(28-17-9-4-10-18-28)36(40,33(25-37)29-19-11-5-12-20-29)35(30-21-13-6-14-22-30)26-38(2)23-31(34(35)39)27-15-7-3-8-16-27;/h3-22,31-33,40H,23-26H2,1-2H3;1H. The molecule has 4 aromatic carbocycles. The van der Waals surface area contributed by atoms with Crippen molar-refractivity contribution in [1.29, 1.82) is 0 Å². The lowest BCUT2D eigenvalue weighted by atomic mass is 9.49. The number of likely N-dealkylation sites (tertiary alicyclic amines) is 2. The van der Waals surface area contributed by atoms with Crippen molar-refractivity contribution < 1.29 is 38.8 Å². The quantitative estimate of drug-likeness (QED) is 0.316. The molecule has 6 rings (SSSR count). The van der Waals surface area contributed by atoms with Crippen molar-refractivity contribution in [3.8, 4) is 0 Å². The maximum absolute atomic E-state index is 15.3. The lowest BCUT2D eigenvalue weighted by Gasteiger charge is -2.59. The van der Waals surface area contributed by atoms with Crippen LogP contribution in [0, 0.1) is 0 Å². The van der Waals surface area contributed by atoms with E-state index in [-0.39, 0.29) is 47.5 Å². The molecule has 2 N–H and O–H groups in total. The smallest absolute Gasteiger partial charge is 0.165 e. The fourth-order valence-electron chi connectivity index (χ4n) is 7.75. The second-order valence-electron chi connectivity index (χ2n) is 11.9. The van der Waals surface area contributed by atoms with E-state index >= 15 is 4.79 Å². The Morgan fingerprint density at radius 3 is 1.59 bits per heavy atom. The molecular weight excluding hydrogens is 619 g/mol. The normalized spacial score (nSPS) is 30.4. The molecule has 5 unspecified atom stereocenters. The van der Waals surface area contributed by atoms with Gasteiger partial charge in [-0.25, -0.2) is 0 Å². The molecular formula is C36H39IN2O2. The summed E-state index contributed by atoms with van der Waals surface area (Å²) in [5.41, 5.74) is 1.57. The average molecular weight is 659 g/mol. The number of quaternary nitrogens is 1. The van der Waals surface area contributed by atoms with Gasteiger partial charge in [-0.05, 0) is 29.3 Å². The van der Waals surface area contributed by atoms with Gasteiger partial charge in [-0.2, -0.15) is 0 Å². The number of ketones is 1. The highest BCUT2D eigenvalue weighted by atomic mass is 127. The number of nitrogens with zero attached hydrogens (tertiary/aromatic N) is 1. The number of likely N-dealkylation sites (N-methyl/N-ethyl adjacent to an activating group) is 2. The summed E-state index contributed by atoms with van der Waals surface area (Å²) in [6, 6.07) is 41.0. The molecule has 0 radical (unpaired) electrons. The van der Waals surface area contributed by atoms with Crippen molar-refractivity contribution in [2.45, 2.75) is 28.8 Å². The Hall–Kier alpha value is -2.84. The van der Waals surface area contributed by atoms with Crippen molar-refractivity contribution in [2.24, 2.45) is 0 Å². The number of rotatable bonds is 5. The molecule has 0 saturated carbocycles. The molecule has 41 heavy (non-hydrogen) atoms. The van der Waals surface area contributed by atoms with Gasteiger partial charge in [0.25, 0.3) is 0 Å². The monoisotopic (exact) mass is 658 g/mol. The molecule has 0 aromatic heterocycles. The first-order chi connectivity index (χ1) is 19.4. The van der Waals surface area contributed by atoms with Crippen molar-refractivity contribution in [1.82, 2.24) is 4.90 Å². The zero-order chi connectivity index (χ0) is 27.7. The van der Waals surface area contributed by atoms with Crippen LogP contribution >= 0.6 is 0 Å². The van der Waals surface area contributed by atoms with Crippen LogP contribution in [0.1, 0.15) is 40.0 Å². The maximum atomic E-state index is 15.3. The van der Waals surface area contributed by atoms with Crippen LogP contribution in [0.2, 0.25) is 0 Å². The number of carbonyl (C=O) groups is 1. The van der Waals surface area contributed by atoms with Crippen LogP contribution in [-0.2, 0) is 10.2 Å². The van der Waals surface area contributed by atoms with Crippen LogP contribution in [0.3, 0.4) is 0 Å². The molecule has 0 bridgehead atoms. The highest BCUT2D eigenvalue weighted by molar-refractivity contribution is 5.98. The minimum Gasteiger partial charge on any atom is -1.00 e. The van der Waals surface area contributed by atoms with Gasteiger partial charge in [0.15, 0.2) is 5.78 Å². The summed E-state index contributed by atoms with van der Waals surface area (Å²) in [5, 5.41) is 13.8. The van der Waals surface area contributed by atoms with E-state index in [1.165, 1.54) is 4.90 Å².